The molecule has 0 N–H and O–H groups in total. The molecule has 2 aromatic heterocycles. The van der Waals surface area contributed by atoms with Crippen LogP contribution in [0.2, 0.25) is 0 Å². The first-order chi connectivity index (χ1) is 13.5. The summed E-state index contributed by atoms with van der Waals surface area (Å²) >= 11 is 0. The van der Waals surface area contributed by atoms with Gasteiger partial charge in [-0.2, -0.15) is 10.1 Å². The van der Waals surface area contributed by atoms with Gasteiger partial charge in [0.05, 0.1) is 17.8 Å². The first-order valence-corrected chi connectivity index (χ1v) is 9.09. The van der Waals surface area contributed by atoms with Crippen LogP contribution in [0, 0.1) is 12.7 Å². The Morgan fingerprint density at radius 1 is 1.29 bits per heavy atom. The summed E-state index contributed by atoms with van der Waals surface area (Å²) in [6.07, 6.45) is 4.87. The zero-order chi connectivity index (χ0) is 19.7. The minimum atomic E-state index is -0.463. The molecule has 28 heavy (non-hydrogen) atoms. The van der Waals surface area contributed by atoms with Crippen molar-refractivity contribution in [3.8, 4) is 11.6 Å². The van der Waals surface area contributed by atoms with Gasteiger partial charge in [0.1, 0.15) is 0 Å². The quantitative estimate of drug-likeness (QED) is 0.692. The molecule has 0 bridgehead atoms. The molecule has 1 fully saturated rings. The summed E-state index contributed by atoms with van der Waals surface area (Å²) in [5, 5.41) is 4.07. The Labute approximate surface area is 161 Å². The lowest BCUT2D eigenvalue weighted by Gasteiger charge is -2.23. The molecule has 8 heteroatoms. The first kappa shape index (κ1) is 18.1. The maximum absolute atomic E-state index is 13.9. The number of benzene rings is 1. The van der Waals surface area contributed by atoms with Crippen LogP contribution in [0.5, 0.6) is 11.6 Å². The van der Waals surface area contributed by atoms with Crippen molar-refractivity contribution in [2.45, 2.75) is 25.8 Å². The zero-order valence-corrected chi connectivity index (χ0v) is 15.7. The Bertz CT molecular complexity index is 1020. The number of amides is 1. The number of hydrogen-bond donors (Lipinski definition) is 0. The van der Waals surface area contributed by atoms with E-state index in [0.717, 1.165) is 12.8 Å². The molecular weight excluding hydrogens is 361 g/mol. The van der Waals surface area contributed by atoms with Crippen molar-refractivity contribution in [3.63, 3.8) is 0 Å². The summed E-state index contributed by atoms with van der Waals surface area (Å²) < 4.78 is 21.1. The van der Waals surface area contributed by atoms with Gasteiger partial charge in [0.15, 0.2) is 17.4 Å². The number of hydrogen-bond acceptors (Lipinski definition) is 5. The van der Waals surface area contributed by atoms with Gasteiger partial charge in [-0.25, -0.2) is 9.37 Å². The van der Waals surface area contributed by atoms with Crippen molar-refractivity contribution in [2.75, 3.05) is 6.54 Å². The summed E-state index contributed by atoms with van der Waals surface area (Å²) in [6, 6.07) is 7.56. The van der Waals surface area contributed by atoms with Crippen molar-refractivity contribution in [1.29, 1.82) is 0 Å². The number of para-hydroxylation sites is 1. The number of likely N-dealkylation sites (tertiary alicyclic amines) is 1. The highest BCUT2D eigenvalue weighted by molar-refractivity contribution is 5.94. The van der Waals surface area contributed by atoms with Crippen LogP contribution in [0.1, 0.15) is 40.8 Å². The van der Waals surface area contributed by atoms with Crippen LogP contribution in [-0.2, 0) is 7.05 Å². The lowest BCUT2D eigenvalue weighted by molar-refractivity contribution is 0.0729. The molecule has 7 nitrogen and oxygen atoms in total. The van der Waals surface area contributed by atoms with Crippen LogP contribution in [0.3, 0.4) is 0 Å². The minimum absolute atomic E-state index is 0.0984. The van der Waals surface area contributed by atoms with Gasteiger partial charge in [0.2, 0.25) is 5.88 Å². The summed E-state index contributed by atoms with van der Waals surface area (Å²) in [5.74, 6) is 0.294. The molecule has 0 spiro atoms. The standard InChI is InChI=1S/C20H20FN5O2/c1-13-10-18(28-17-8-4-3-6-15(17)21)24-19(23-13)16-7-5-9-26(16)20(27)14-11-22-25(2)12-14/h3-4,6,8,10-12,16H,5,7,9H2,1-2H3/t16-/m0/s1. The highest BCUT2D eigenvalue weighted by Crippen LogP contribution is 2.33. The number of nitrogens with zero attached hydrogens (tertiary/aromatic N) is 5. The second kappa shape index (κ2) is 7.38. The van der Waals surface area contributed by atoms with E-state index in [0.29, 0.717) is 23.6 Å². The van der Waals surface area contributed by atoms with Crippen molar-refractivity contribution >= 4 is 5.91 Å². The third-order valence-electron chi connectivity index (χ3n) is 4.66. The number of carbonyl (C=O) groups is 1. The summed E-state index contributed by atoms with van der Waals surface area (Å²) in [4.78, 5) is 23.6. The second-order valence-electron chi connectivity index (χ2n) is 6.80. The Hall–Kier alpha value is -3.29. The van der Waals surface area contributed by atoms with Crippen molar-refractivity contribution < 1.29 is 13.9 Å². The van der Waals surface area contributed by atoms with Crippen LogP contribution in [0.25, 0.3) is 0 Å². The van der Waals surface area contributed by atoms with E-state index in [1.165, 1.54) is 6.07 Å². The SMILES string of the molecule is Cc1cc(Oc2ccccc2F)nc([C@@H]2CCCN2C(=O)c2cnn(C)c2)n1. The Morgan fingerprint density at radius 2 is 2.11 bits per heavy atom. The van der Waals surface area contributed by atoms with Crippen LogP contribution in [-0.4, -0.2) is 37.1 Å². The van der Waals surface area contributed by atoms with E-state index >= 15 is 0 Å². The molecule has 0 radical (unpaired) electrons. The van der Waals surface area contributed by atoms with Gasteiger partial charge in [0, 0.05) is 31.5 Å². The topological polar surface area (TPSA) is 73.1 Å². The normalized spacial score (nSPS) is 16.4. The molecule has 0 aliphatic carbocycles. The predicted molar refractivity (Wildman–Crippen MR) is 99.5 cm³/mol. The van der Waals surface area contributed by atoms with Crippen LogP contribution in [0.4, 0.5) is 4.39 Å². The van der Waals surface area contributed by atoms with Gasteiger partial charge in [-0.1, -0.05) is 12.1 Å². The Morgan fingerprint density at radius 3 is 2.86 bits per heavy atom. The molecule has 0 saturated carbocycles. The molecule has 1 aromatic carbocycles. The maximum atomic E-state index is 13.9. The largest absolute Gasteiger partial charge is 0.436 e. The summed E-state index contributed by atoms with van der Waals surface area (Å²) in [5.41, 5.74) is 1.22. The summed E-state index contributed by atoms with van der Waals surface area (Å²) in [7, 11) is 1.77. The van der Waals surface area contributed by atoms with Gasteiger partial charge in [0.25, 0.3) is 5.91 Å². The van der Waals surface area contributed by atoms with Gasteiger partial charge < -0.3 is 9.64 Å². The molecule has 0 unspecified atom stereocenters. The van der Waals surface area contributed by atoms with Crippen LogP contribution in [0.15, 0.2) is 42.7 Å². The van der Waals surface area contributed by atoms with Crippen LogP contribution >= 0.6 is 0 Å². The fourth-order valence-corrected chi connectivity index (χ4v) is 3.38. The van der Waals surface area contributed by atoms with Gasteiger partial charge in [-0.05, 0) is 31.9 Å². The van der Waals surface area contributed by atoms with Crippen molar-refractivity contribution in [3.05, 3.63) is 65.6 Å². The number of rotatable bonds is 4. The molecule has 1 aliphatic rings. The predicted octanol–water partition coefficient (Wildman–Crippen LogP) is 3.43. The second-order valence-corrected chi connectivity index (χ2v) is 6.80. The van der Waals surface area contributed by atoms with Crippen molar-refractivity contribution in [1.82, 2.24) is 24.6 Å². The fourth-order valence-electron chi connectivity index (χ4n) is 3.38. The third kappa shape index (κ3) is 3.58. The Kier molecular flexibility index (Phi) is 4.77. The number of aromatic nitrogens is 4. The smallest absolute Gasteiger partial charge is 0.257 e. The highest BCUT2D eigenvalue weighted by atomic mass is 19.1. The average molecular weight is 381 g/mol. The number of aryl methyl sites for hydroxylation is 2. The lowest BCUT2D eigenvalue weighted by atomic mass is 10.2. The molecule has 3 aromatic rings. The molecule has 1 amide bonds. The number of carbonyl (C=O) groups excluding carboxylic acids is 1. The molecule has 3 heterocycles. The van der Waals surface area contributed by atoms with E-state index in [9.17, 15) is 9.18 Å². The Balaban J connectivity index is 1.62. The monoisotopic (exact) mass is 381 g/mol. The lowest BCUT2D eigenvalue weighted by Crippen LogP contribution is -2.31. The number of ether oxygens (including phenoxy) is 1. The molecule has 1 atom stereocenters. The first-order valence-electron chi connectivity index (χ1n) is 9.09. The van der Waals surface area contributed by atoms with E-state index in [2.05, 4.69) is 15.1 Å². The molecular formula is C20H20FN5O2. The average Bonchev–Trinajstić information content (AvgIpc) is 3.32. The van der Waals surface area contributed by atoms with Crippen LogP contribution < -0.4 is 4.74 Å². The fraction of sp³-hybridized carbons (Fsp3) is 0.300. The van der Waals surface area contributed by atoms with E-state index in [1.54, 1.807) is 53.3 Å². The maximum Gasteiger partial charge on any atom is 0.257 e. The number of halogens is 1. The van der Waals surface area contributed by atoms with E-state index < -0.39 is 5.82 Å². The summed E-state index contributed by atoms with van der Waals surface area (Å²) in [6.45, 7) is 2.45. The van der Waals surface area contributed by atoms with Gasteiger partial charge >= 0.3 is 0 Å². The van der Waals surface area contributed by atoms with E-state index in [-0.39, 0.29) is 23.6 Å². The van der Waals surface area contributed by atoms with E-state index in [4.69, 9.17) is 4.74 Å². The highest BCUT2D eigenvalue weighted by Gasteiger charge is 2.33. The minimum Gasteiger partial charge on any atom is -0.436 e. The third-order valence-corrected chi connectivity index (χ3v) is 4.66. The molecule has 1 saturated heterocycles. The molecule has 4 rings (SSSR count). The molecule has 1 aliphatic heterocycles. The van der Waals surface area contributed by atoms with Gasteiger partial charge in [-0.15, -0.1) is 0 Å². The van der Waals surface area contributed by atoms with Gasteiger partial charge in [-0.3, -0.25) is 9.48 Å². The molecule has 144 valence electrons. The zero-order valence-electron chi connectivity index (χ0n) is 15.7. The van der Waals surface area contributed by atoms with E-state index in [1.807, 2.05) is 6.92 Å². The van der Waals surface area contributed by atoms with Crippen molar-refractivity contribution in [2.24, 2.45) is 7.05 Å².